The van der Waals surface area contributed by atoms with Crippen LogP contribution >= 0.6 is 0 Å². The van der Waals surface area contributed by atoms with E-state index in [0.717, 1.165) is 16.7 Å². The first-order valence-electron chi connectivity index (χ1n) is 18.4. The normalized spacial score (nSPS) is 15.7. The monoisotopic (exact) mass is 778 g/mol. The summed E-state index contributed by atoms with van der Waals surface area (Å²) in [5.74, 6) is -2.02. The number of rotatable bonds is 15. The summed E-state index contributed by atoms with van der Waals surface area (Å²) in [7, 11) is -2.18. The number of carbonyl (C=O) groups is 3. The molecule has 1 aliphatic rings. The van der Waals surface area contributed by atoms with E-state index < -0.39 is 56.4 Å². The van der Waals surface area contributed by atoms with E-state index in [0.29, 0.717) is 17.7 Å². The largest absolute Gasteiger partial charge is 0.514 e. The number of ether oxygens (including phenoxy) is 3. The molecular formula is C44H44F2N2O7Si. The van der Waals surface area contributed by atoms with E-state index >= 15 is 4.79 Å². The molecule has 0 spiro atoms. The number of halogens is 2. The molecule has 5 aromatic carbocycles. The summed E-state index contributed by atoms with van der Waals surface area (Å²) in [6.45, 7) is 6.18. The van der Waals surface area contributed by atoms with Crippen LogP contribution in [0.3, 0.4) is 0 Å². The maximum absolute atomic E-state index is 15.0. The molecule has 0 radical (unpaired) electrons. The van der Waals surface area contributed by atoms with Crippen LogP contribution in [-0.2, 0) is 25.3 Å². The van der Waals surface area contributed by atoms with Gasteiger partial charge in [-0.05, 0) is 103 Å². The molecule has 4 atom stereocenters. The Morgan fingerprint density at radius 3 is 2.00 bits per heavy atom. The number of benzene rings is 5. The summed E-state index contributed by atoms with van der Waals surface area (Å²) in [5.41, 5.74) is 3.44. The van der Waals surface area contributed by atoms with Gasteiger partial charge < -0.3 is 24.0 Å². The number of nitrogens with zero attached hydrogens (tertiary/aromatic N) is 1. The molecular weight excluding hydrogens is 735 g/mol. The Kier molecular flexibility index (Phi) is 12.9. The molecule has 0 bridgehead atoms. The molecule has 5 aromatic rings. The van der Waals surface area contributed by atoms with Crippen molar-refractivity contribution < 1.29 is 41.8 Å². The van der Waals surface area contributed by atoms with Crippen molar-refractivity contribution in [2.45, 2.75) is 57.3 Å². The number of hydrogen-bond donors (Lipinski definition) is 1. The van der Waals surface area contributed by atoms with Crippen LogP contribution in [0.4, 0.5) is 24.1 Å². The minimum absolute atomic E-state index is 0.0132. The number of imide groups is 1. The van der Waals surface area contributed by atoms with E-state index in [2.05, 4.69) is 25.0 Å². The van der Waals surface area contributed by atoms with Crippen LogP contribution in [0.2, 0.25) is 19.6 Å². The lowest BCUT2D eigenvalue weighted by molar-refractivity contribution is -0.134. The van der Waals surface area contributed by atoms with Crippen molar-refractivity contribution in [2.24, 2.45) is 5.92 Å². The van der Waals surface area contributed by atoms with E-state index in [1.54, 1.807) is 48.5 Å². The van der Waals surface area contributed by atoms with Crippen LogP contribution in [0.15, 0.2) is 133 Å². The van der Waals surface area contributed by atoms with Crippen molar-refractivity contribution in [1.29, 1.82) is 0 Å². The van der Waals surface area contributed by atoms with Gasteiger partial charge in [-0.1, -0.05) is 84.9 Å². The molecule has 12 heteroatoms. The van der Waals surface area contributed by atoms with Crippen molar-refractivity contribution >= 4 is 32.2 Å². The second kappa shape index (κ2) is 18.2. The predicted octanol–water partition coefficient (Wildman–Crippen LogP) is 10.5. The number of nitrogens with one attached hydrogen (secondary N) is 1. The van der Waals surface area contributed by atoms with E-state index in [4.69, 9.17) is 18.6 Å². The minimum atomic E-state index is -2.18. The summed E-state index contributed by atoms with van der Waals surface area (Å²) in [5, 5.41) is 3.43. The highest BCUT2D eigenvalue weighted by molar-refractivity contribution is 6.69. The zero-order valence-electron chi connectivity index (χ0n) is 31.4. The number of hydrogen-bond acceptors (Lipinski definition) is 8. The number of carbonyl (C=O) groups excluding carboxylic acids is 3. The van der Waals surface area contributed by atoms with Crippen LogP contribution < -0.4 is 10.1 Å². The molecule has 6 rings (SSSR count). The fourth-order valence-corrected chi connectivity index (χ4v) is 7.76. The topological polar surface area (TPSA) is 103 Å². The zero-order chi connectivity index (χ0) is 39.7. The Labute approximate surface area is 326 Å². The van der Waals surface area contributed by atoms with Gasteiger partial charge in [0.1, 0.15) is 36.6 Å². The third-order valence-electron chi connectivity index (χ3n) is 9.30. The van der Waals surface area contributed by atoms with Crippen molar-refractivity contribution in [3.63, 3.8) is 0 Å². The predicted molar refractivity (Wildman–Crippen MR) is 210 cm³/mol. The summed E-state index contributed by atoms with van der Waals surface area (Å²) < 4.78 is 51.0. The third kappa shape index (κ3) is 10.7. The standard InChI is InChI=1S/C44H44F2N2O7Si/c1-56(2,3)55-40(32-14-18-34(45)19-15-32)27-26-38(42(49)48-39(29-52-43(48)50)31-12-8-5-9-13-31)41(47-36-22-20-35(46)21-23-36)33-16-24-37(25-17-33)54-44(51)53-28-30-10-6-4-7-11-30/h4-25,38-41,47H,26-29H2,1-3H3/t38-,39?,40?,41-/m1/s1. The van der Waals surface area contributed by atoms with Gasteiger partial charge in [-0.2, -0.15) is 0 Å². The summed E-state index contributed by atoms with van der Waals surface area (Å²) in [6.07, 6.45) is -1.59. The van der Waals surface area contributed by atoms with E-state index in [1.165, 1.54) is 29.2 Å². The first-order valence-corrected chi connectivity index (χ1v) is 21.8. The SMILES string of the molecule is C[Si](C)(C)OC(CC[C@@H](C(=O)N1C(=O)OCC1c1ccccc1)[C@H](Nc1ccc(F)cc1)c1ccc(OC(=O)OCc2ccccc2)cc1)c1ccc(F)cc1. The maximum atomic E-state index is 15.0. The molecule has 1 aliphatic heterocycles. The Morgan fingerprint density at radius 2 is 1.38 bits per heavy atom. The summed E-state index contributed by atoms with van der Waals surface area (Å²) in [4.78, 5) is 42.2. The molecule has 56 heavy (non-hydrogen) atoms. The molecule has 0 aromatic heterocycles. The highest BCUT2D eigenvalue weighted by Crippen LogP contribution is 2.39. The lowest BCUT2D eigenvalue weighted by atomic mass is 9.85. The first-order chi connectivity index (χ1) is 26.9. The van der Waals surface area contributed by atoms with Gasteiger partial charge >= 0.3 is 12.2 Å². The second-order valence-electron chi connectivity index (χ2n) is 14.5. The van der Waals surface area contributed by atoms with Gasteiger partial charge in [0, 0.05) is 5.69 Å². The molecule has 0 saturated carbocycles. The van der Waals surface area contributed by atoms with Crippen molar-refractivity contribution in [3.05, 3.63) is 167 Å². The molecule has 2 amide bonds. The summed E-state index contributed by atoms with van der Waals surface area (Å²) >= 11 is 0. The Balaban J connectivity index is 1.35. The second-order valence-corrected chi connectivity index (χ2v) is 19.0. The number of cyclic esters (lactones) is 1. The molecule has 2 unspecified atom stereocenters. The van der Waals surface area contributed by atoms with Crippen LogP contribution in [0, 0.1) is 17.6 Å². The van der Waals surface area contributed by atoms with Crippen LogP contribution in [0.25, 0.3) is 0 Å². The Morgan fingerprint density at radius 1 is 0.786 bits per heavy atom. The van der Waals surface area contributed by atoms with Crippen molar-refractivity contribution in [2.75, 3.05) is 11.9 Å². The minimum Gasteiger partial charge on any atom is -0.446 e. The van der Waals surface area contributed by atoms with Gasteiger partial charge in [0.05, 0.1) is 18.1 Å². The maximum Gasteiger partial charge on any atom is 0.514 e. The summed E-state index contributed by atoms with van der Waals surface area (Å²) in [6, 6.07) is 35.4. The third-order valence-corrected chi connectivity index (χ3v) is 10.3. The molecule has 1 heterocycles. The Bertz CT molecular complexity index is 2060. The molecule has 9 nitrogen and oxygen atoms in total. The van der Waals surface area contributed by atoms with Gasteiger partial charge in [0.25, 0.3) is 0 Å². The van der Waals surface area contributed by atoms with Gasteiger partial charge in [0.2, 0.25) is 5.91 Å². The van der Waals surface area contributed by atoms with Crippen molar-refractivity contribution in [3.8, 4) is 5.75 Å². The van der Waals surface area contributed by atoms with Gasteiger partial charge in [0.15, 0.2) is 8.32 Å². The zero-order valence-corrected chi connectivity index (χ0v) is 32.4. The first kappa shape index (κ1) is 39.8. The van der Waals surface area contributed by atoms with E-state index in [9.17, 15) is 18.4 Å². The van der Waals surface area contributed by atoms with Crippen LogP contribution in [0.1, 0.15) is 53.3 Å². The fourth-order valence-electron chi connectivity index (χ4n) is 6.65. The molecule has 0 aliphatic carbocycles. The molecule has 290 valence electrons. The number of anilines is 1. The van der Waals surface area contributed by atoms with Crippen LogP contribution in [-0.4, -0.2) is 38.0 Å². The van der Waals surface area contributed by atoms with E-state index in [1.807, 2.05) is 60.7 Å². The molecule has 1 fully saturated rings. The highest BCUT2D eigenvalue weighted by Gasteiger charge is 2.44. The molecule has 1 N–H and O–H groups in total. The van der Waals surface area contributed by atoms with Crippen molar-refractivity contribution in [1.82, 2.24) is 4.90 Å². The average molecular weight is 779 g/mol. The average Bonchev–Trinajstić information content (AvgIpc) is 3.59. The lowest BCUT2D eigenvalue weighted by Gasteiger charge is -2.34. The van der Waals surface area contributed by atoms with E-state index in [-0.39, 0.29) is 31.2 Å². The van der Waals surface area contributed by atoms with Gasteiger partial charge in [-0.15, -0.1) is 0 Å². The fraction of sp³-hybridized carbons (Fsp3) is 0.250. The smallest absolute Gasteiger partial charge is 0.446 e. The quantitative estimate of drug-likeness (QED) is 0.0637. The highest BCUT2D eigenvalue weighted by atomic mass is 28.4. The lowest BCUT2D eigenvalue weighted by Crippen LogP contribution is -2.42. The van der Waals surface area contributed by atoms with Crippen LogP contribution in [0.5, 0.6) is 5.75 Å². The number of amides is 2. The Hall–Kier alpha value is -5.85. The molecule has 1 saturated heterocycles. The van der Waals surface area contributed by atoms with Gasteiger partial charge in [-0.25, -0.2) is 23.3 Å². The van der Waals surface area contributed by atoms with Gasteiger partial charge in [-0.3, -0.25) is 4.79 Å².